The third-order valence-corrected chi connectivity index (χ3v) is 4.16. The number of nitrogens with zero attached hydrogens (tertiary/aromatic N) is 1. The molecule has 1 saturated heterocycles. The first-order chi connectivity index (χ1) is 11.0. The minimum Gasteiger partial charge on any atom is -0.389 e. The Bertz CT molecular complexity index is 501. The fourth-order valence-electron chi connectivity index (χ4n) is 2.99. The van der Waals surface area contributed by atoms with Crippen LogP contribution in [0.2, 0.25) is 0 Å². The number of carbonyl (C=O) groups is 1. The lowest BCUT2D eigenvalue weighted by molar-refractivity contribution is -0.139. The number of hydrogen-bond donors (Lipinski definition) is 2. The molecule has 1 aromatic rings. The van der Waals surface area contributed by atoms with Crippen LogP contribution in [-0.2, 0) is 11.2 Å². The molecule has 1 amide bonds. The monoisotopic (exact) mass is 326 g/mol. The van der Waals surface area contributed by atoms with Gasteiger partial charge in [0, 0.05) is 13.1 Å². The molecule has 0 spiro atoms. The molecule has 0 aliphatic carbocycles. The van der Waals surface area contributed by atoms with E-state index in [1.165, 1.54) is 0 Å². The number of likely N-dealkylation sites (N-methyl/N-ethyl adjacent to an activating group) is 1. The summed E-state index contributed by atoms with van der Waals surface area (Å²) in [6, 6.07) is 8.66. The van der Waals surface area contributed by atoms with Crippen molar-refractivity contribution in [3.8, 4) is 0 Å². The van der Waals surface area contributed by atoms with Crippen LogP contribution in [0.1, 0.15) is 18.9 Å². The number of benzene rings is 1. The Hall–Kier alpha value is -1.53. The summed E-state index contributed by atoms with van der Waals surface area (Å²) < 4.78 is 28.0. The Morgan fingerprint density at radius 1 is 1.30 bits per heavy atom. The molecular weight excluding hydrogens is 302 g/mol. The maximum absolute atomic E-state index is 14.2. The first kappa shape index (κ1) is 17.8. The van der Waals surface area contributed by atoms with E-state index >= 15 is 0 Å². The highest BCUT2D eigenvalue weighted by atomic mass is 19.2. The molecule has 0 aromatic heterocycles. The molecule has 4 nitrogen and oxygen atoms in total. The van der Waals surface area contributed by atoms with Crippen molar-refractivity contribution < 1.29 is 18.7 Å². The second-order valence-electron chi connectivity index (χ2n) is 5.88. The average molecular weight is 326 g/mol. The van der Waals surface area contributed by atoms with Gasteiger partial charge in [0.25, 0.3) is 0 Å². The first-order valence-electron chi connectivity index (χ1n) is 8.06. The van der Waals surface area contributed by atoms with Crippen LogP contribution in [0.15, 0.2) is 30.3 Å². The molecule has 1 aliphatic rings. The molecule has 23 heavy (non-hydrogen) atoms. The van der Waals surface area contributed by atoms with Gasteiger partial charge in [-0.25, -0.2) is 8.78 Å². The van der Waals surface area contributed by atoms with Gasteiger partial charge in [-0.3, -0.25) is 9.69 Å². The number of hydrogen-bond acceptors (Lipinski definition) is 3. The van der Waals surface area contributed by atoms with E-state index in [1.54, 1.807) is 11.8 Å². The number of aliphatic hydroxyl groups excluding tert-OH is 1. The number of rotatable bonds is 6. The molecule has 1 aromatic carbocycles. The van der Waals surface area contributed by atoms with Gasteiger partial charge in [-0.05, 0) is 31.9 Å². The van der Waals surface area contributed by atoms with Gasteiger partial charge in [-0.15, -0.1) is 0 Å². The molecule has 0 unspecified atom stereocenters. The summed E-state index contributed by atoms with van der Waals surface area (Å²) in [6.07, 6.45) is -3.94. The molecule has 1 fully saturated rings. The van der Waals surface area contributed by atoms with Gasteiger partial charge in [0.2, 0.25) is 5.91 Å². The zero-order chi connectivity index (χ0) is 16.8. The first-order valence-corrected chi connectivity index (χ1v) is 8.06. The lowest BCUT2D eigenvalue weighted by Gasteiger charge is -2.40. The van der Waals surface area contributed by atoms with Crippen LogP contribution in [0.25, 0.3) is 0 Å². The van der Waals surface area contributed by atoms with Gasteiger partial charge in [0.1, 0.15) is 12.1 Å². The zero-order valence-corrected chi connectivity index (χ0v) is 13.3. The van der Waals surface area contributed by atoms with E-state index < -0.39 is 30.4 Å². The second kappa shape index (κ2) is 8.36. The van der Waals surface area contributed by atoms with Crippen LogP contribution in [0.3, 0.4) is 0 Å². The van der Waals surface area contributed by atoms with E-state index in [-0.39, 0.29) is 6.54 Å². The number of likely N-dealkylation sites (tertiary alicyclic amines) is 1. The third kappa shape index (κ3) is 4.48. The zero-order valence-electron chi connectivity index (χ0n) is 13.3. The molecule has 0 bridgehead atoms. The Balaban J connectivity index is 1.99. The fourth-order valence-corrected chi connectivity index (χ4v) is 2.99. The van der Waals surface area contributed by atoms with Gasteiger partial charge >= 0.3 is 0 Å². The number of piperidine rings is 1. The van der Waals surface area contributed by atoms with Crippen LogP contribution >= 0.6 is 0 Å². The molecule has 1 heterocycles. The Kier molecular flexibility index (Phi) is 6.47. The van der Waals surface area contributed by atoms with E-state index in [0.29, 0.717) is 19.5 Å². The van der Waals surface area contributed by atoms with Crippen molar-refractivity contribution in [1.82, 2.24) is 10.2 Å². The number of carbonyl (C=O) groups excluding carboxylic acids is 1. The highest BCUT2D eigenvalue weighted by molar-refractivity contribution is 5.82. The highest BCUT2D eigenvalue weighted by Crippen LogP contribution is 2.25. The SMILES string of the molecule is CCNC(=O)[C@@H]1[C@@H](F)[C@@H](F)[C@H](O)CN1CCCc1ccccc1. The van der Waals surface area contributed by atoms with Crippen molar-refractivity contribution >= 4 is 5.91 Å². The molecule has 2 N–H and O–H groups in total. The molecule has 2 rings (SSSR count). The lowest BCUT2D eigenvalue weighted by atomic mass is 9.94. The number of nitrogens with one attached hydrogen (secondary N) is 1. The van der Waals surface area contributed by atoms with Gasteiger partial charge < -0.3 is 10.4 Å². The van der Waals surface area contributed by atoms with Crippen molar-refractivity contribution in [3.63, 3.8) is 0 Å². The molecule has 0 radical (unpaired) electrons. The molecule has 1 aliphatic heterocycles. The molecule has 128 valence electrons. The smallest absolute Gasteiger partial charge is 0.240 e. The van der Waals surface area contributed by atoms with Crippen molar-refractivity contribution in [2.75, 3.05) is 19.6 Å². The van der Waals surface area contributed by atoms with E-state index in [9.17, 15) is 18.7 Å². The number of amides is 1. The topological polar surface area (TPSA) is 52.6 Å². The van der Waals surface area contributed by atoms with Gasteiger partial charge in [-0.2, -0.15) is 0 Å². The summed E-state index contributed by atoms with van der Waals surface area (Å²) in [4.78, 5) is 13.6. The second-order valence-corrected chi connectivity index (χ2v) is 5.88. The van der Waals surface area contributed by atoms with Gasteiger partial charge in [0.15, 0.2) is 12.3 Å². The highest BCUT2D eigenvalue weighted by Gasteiger charge is 2.47. The van der Waals surface area contributed by atoms with Crippen LogP contribution in [0, 0.1) is 0 Å². The van der Waals surface area contributed by atoms with Crippen molar-refractivity contribution in [1.29, 1.82) is 0 Å². The van der Waals surface area contributed by atoms with Crippen LogP contribution in [0.4, 0.5) is 8.78 Å². The van der Waals surface area contributed by atoms with Gasteiger partial charge in [-0.1, -0.05) is 30.3 Å². The maximum atomic E-state index is 14.2. The number of aliphatic hydroxyl groups is 1. The average Bonchev–Trinajstić information content (AvgIpc) is 2.54. The predicted octanol–water partition coefficient (Wildman–Crippen LogP) is 1.48. The number of aryl methyl sites for hydroxylation is 1. The fraction of sp³-hybridized carbons (Fsp3) is 0.588. The number of β-amino-alcohol motifs (C(OH)–C–C–N with tert-alkyl or cyclic N) is 1. The molecular formula is C17H24F2N2O2. The maximum Gasteiger partial charge on any atom is 0.240 e. The Morgan fingerprint density at radius 3 is 2.65 bits per heavy atom. The number of alkyl halides is 2. The van der Waals surface area contributed by atoms with Crippen LogP contribution in [-0.4, -0.2) is 60.0 Å². The van der Waals surface area contributed by atoms with Crippen LogP contribution in [0.5, 0.6) is 0 Å². The standard InChI is InChI=1S/C17H24F2N2O2/c1-2-20-17(23)16-15(19)14(18)13(22)11-21(16)10-6-9-12-7-4-3-5-8-12/h3-5,7-8,13-16,22H,2,6,9-11H2,1H3,(H,20,23)/t13-,14+,15+,16+/m1/s1. The third-order valence-electron chi connectivity index (χ3n) is 4.16. The number of halogens is 2. The minimum absolute atomic E-state index is 0.0296. The normalized spacial score (nSPS) is 28.5. The Labute approximate surface area is 135 Å². The van der Waals surface area contributed by atoms with Crippen molar-refractivity contribution in [2.24, 2.45) is 0 Å². The predicted molar refractivity (Wildman–Crippen MR) is 84.6 cm³/mol. The lowest BCUT2D eigenvalue weighted by Crippen LogP contribution is -2.63. The molecule has 6 heteroatoms. The minimum atomic E-state index is -2.02. The quantitative estimate of drug-likeness (QED) is 0.832. The summed E-state index contributed by atoms with van der Waals surface area (Å²) in [5, 5.41) is 12.2. The molecule has 0 saturated carbocycles. The van der Waals surface area contributed by atoms with E-state index in [1.807, 2.05) is 30.3 Å². The summed E-state index contributed by atoms with van der Waals surface area (Å²) >= 11 is 0. The van der Waals surface area contributed by atoms with Crippen LogP contribution < -0.4 is 5.32 Å². The summed E-state index contributed by atoms with van der Waals surface area (Å²) in [5.74, 6) is -0.519. The Morgan fingerprint density at radius 2 is 2.00 bits per heavy atom. The summed E-state index contributed by atoms with van der Waals surface area (Å²) in [5.41, 5.74) is 1.15. The van der Waals surface area contributed by atoms with E-state index in [4.69, 9.17) is 0 Å². The van der Waals surface area contributed by atoms with E-state index in [2.05, 4.69) is 5.32 Å². The summed E-state index contributed by atoms with van der Waals surface area (Å²) in [6.45, 7) is 2.49. The molecule has 4 atom stereocenters. The van der Waals surface area contributed by atoms with Crippen molar-refractivity contribution in [3.05, 3.63) is 35.9 Å². The largest absolute Gasteiger partial charge is 0.389 e. The van der Waals surface area contributed by atoms with E-state index in [0.717, 1.165) is 12.0 Å². The van der Waals surface area contributed by atoms with Gasteiger partial charge in [0.05, 0.1) is 0 Å². The van der Waals surface area contributed by atoms with Crippen molar-refractivity contribution in [2.45, 2.75) is 44.3 Å². The summed E-state index contributed by atoms with van der Waals surface area (Å²) in [7, 11) is 0.